The van der Waals surface area contributed by atoms with Gasteiger partial charge in [-0.15, -0.1) is 0 Å². The Labute approximate surface area is 196 Å². The molecule has 1 aliphatic heterocycles. The van der Waals surface area contributed by atoms with E-state index < -0.39 is 0 Å². The minimum absolute atomic E-state index is 0.136. The number of methoxy groups -OCH3 is 2. The summed E-state index contributed by atoms with van der Waals surface area (Å²) < 4.78 is 10.7. The van der Waals surface area contributed by atoms with E-state index in [1.807, 2.05) is 12.1 Å². The lowest BCUT2D eigenvalue weighted by Crippen LogP contribution is -2.35. The van der Waals surface area contributed by atoms with Crippen LogP contribution in [0.4, 0.5) is 11.4 Å². The second-order valence-corrected chi connectivity index (χ2v) is 9.00. The lowest BCUT2D eigenvalue weighted by Gasteiger charge is -2.33. The van der Waals surface area contributed by atoms with Gasteiger partial charge in [-0.2, -0.15) is 0 Å². The Kier molecular flexibility index (Phi) is 8.20. The molecule has 7 nitrogen and oxygen atoms in total. The summed E-state index contributed by atoms with van der Waals surface area (Å²) in [6, 6.07) is 10.7. The number of nitrogens with one attached hydrogen (secondary N) is 2. The highest BCUT2D eigenvalue weighted by atomic mass is 16.5. The van der Waals surface area contributed by atoms with Crippen LogP contribution < -0.4 is 25.0 Å². The first kappa shape index (κ1) is 24.4. The van der Waals surface area contributed by atoms with Crippen molar-refractivity contribution in [1.82, 2.24) is 5.32 Å². The number of hydrogen-bond acceptors (Lipinski definition) is 5. The zero-order chi connectivity index (χ0) is 24.0. The van der Waals surface area contributed by atoms with Gasteiger partial charge in [0.2, 0.25) is 0 Å². The minimum Gasteiger partial charge on any atom is -0.496 e. The average molecular weight is 454 g/mol. The van der Waals surface area contributed by atoms with E-state index >= 15 is 0 Å². The molecule has 1 saturated heterocycles. The van der Waals surface area contributed by atoms with Crippen LogP contribution >= 0.6 is 0 Å². The summed E-state index contributed by atoms with van der Waals surface area (Å²) in [6.07, 6.45) is 2.19. The number of benzene rings is 2. The van der Waals surface area contributed by atoms with E-state index in [0.717, 1.165) is 31.6 Å². The third-order valence-electron chi connectivity index (χ3n) is 5.95. The highest BCUT2D eigenvalue weighted by Crippen LogP contribution is 2.31. The van der Waals surface area contributed by atoms with Crippen molar-refractivity contribution in [1.29, 1.82) is 0 Å². The molecule has 2 aromatic carbocycles. The quantitative estimate of drug-likeness (QED) is 0.612. The molecular formula is C26H35N3O4. The highest BCUT2D eigenvalue weighted by Gasteiger charge is 2.23. The topological polar surface area (TPSA) is 79.9 Å². The molecule has 0 bridgehead atoms. The summed E-state index contributed by atoms with van der Waals surface area (Å²) in [6.45, 7) is 8.79. The number of amides is 2. The molecule has 3 rings (SSSR count). The minimum atomic E-state index is -0.364. The monoisotopic (exact) mass is 453 g/mol. The first-order valence-corrected chi connectivity index (χ1v) is 11.5. The summed E-state index contributed by atoms with van der Waals surface area (Å²) >= 11 is 0. The molecule has 1 aliphatic rings. The van der Waals surface area contributed by atoms with E-state index in [-0.39, 0.29) is 11.8 Å². The van der Waals surface area contributed by atoms with E-state index in [1.54, 1.807) is 24.3 Å². The first-order chi connectivity index (χ1) is 15.8. The van der Waals surface area contributed by atoms with Crippen molar-refractivity contribution in [2.24, 2.45) is 11.8 Å². The highest BCUT2D eigenvalue weighted by molar-refractivity contribution is 6.09. The largest absolute Gasteiger partial charge is 0.496 e. The van der Waals surface area contributed by atoms with Crippen molar-refractivity contribution in [3.8, 4) is 11.5 Å². The zero-order valence-electron chi connectivity index (χ0n) is 20.2. The number of anilines is 2. The fourth-order valence-corrected chi connectivity index (χ4v) is 3.98. The molecule has 2 aromatic rings. The molecule has 0 unspecified atom stereocenters. The second kappa shape index (κ2) is 11.1. The van der Waals surface area contributed by atoms with Crippen molar-refractivity contribution in [2.75, 3.05) is 44.1 Å². The summed E-state index contributed by atoms with van der Waals surface area (Å²) in [4.78, 5) is 28.5. The van der Waals surface area contributed by atoms with Crippen LogP contribution in [0.5, 0.6) is 11.5 Å². The fourth-order valence-electron chi connectivity index (χ4n) is 3.98. The molecule has 0 atom stereocenters. The Morgan fingerprint density at radius 2 is 1.67 bits per heavy atom. The van der Waals surface area contributed by atoms with Gasteiger partial charge in [-0.3, -0.25) is 9.59 Å². The van der Waals surface area contributed by atoms with Gasteiger partial charge in [-0.1, -0.05) is 26.8 Å². The van der Waals surface area contributed by atoms with Crippen molar-refractivity contribution in [3.05, 3.63) is 47.5 Å². The molecule has 0 radical (unpaired) electrons. The van der Waals surface area contributed by atoms with E-state index in [0.29, 0.717) is 46.7 Å². The fraction of sp³-hybridized carbons (Fsp3) is 0.462. The standard InChI is InChI=1S/C26H35N3O4/c1-17(2)16-27-25(30)20-15-19(9-10-21(20)29-13-11-18(3)12-14-29)28-26(31)24-22(32-4)7-6-8-23(24)33-5/h6-10,15,17-18H,11-14,16H2,1-5H3,(H,27,30)(H,28,31). The normalized spacial score (nSPS) is 14.2. The summed E-state index contributed by atoms with van der Waals surface area (Å²) in [7, 11) is 3.02. The van der Waals surface area contributed by atoms with Gasteiger partial charge < -0.3 is 25.0 Å². The van der Waals surface area contributed by atoms with Crippen LogP contribution in [0.3, 0.4) is 0 Å². The summed E-state index contributed by atoms with van der Waals surface area (Å²) in [5.74, 6) is 1.37. The lowest BCUT2D eigenvalue weighted by molar-refractivity contribution is 0.0948. The van der Waals surface area contributed by atoms with Crippen molar-refractivity contribution in [3.63, 3.8) is 0 Å². The third kappa shape index (κ3) is 5.97. The second-order valence-electron chi connectivity index (χ2n) is 9.00. The molecule has 7 heteroatoms. The number of rotatable bonds is 8. The van der Waals surface area contributed by atoms with Crippen LogP contribution in [0.1, 0.15) is 54.3 Å². The first-order valence-electron chi connectivity index (χ1n) is 11.5. The Morgan fingerprint density at radius 1 is 1.03 bits per heavy atom. The number of hydrogen-bond donors (Lipinski definition) is 2. The Balaban J connectivity index is 1.91. The molecule has 33 heavy (non-hydrogen) atoms. The van der Waals surface area contributed by atoms with Gasteiger partial charge >= 0.3 is 0 Å². The number of ether oxygens (including phenoxy) is 2. The van der Waals surface area contributed by atoms with E-state index in [4.69, 9.17) is 9.47 Å². The van der Waals surface area contributed by atoms with Gasteiger partial charge in [-0.05, 0) is 55.0 Å². The van der Waals surface area contributed by atoms with Crippen LogP contribution in [0.2, 0.25) is 0 Å². The van der Waals surface area contributed by atoms with Gasteiger partial charge in [0, 0.05) is 31.0 Å². The van der Waals surface area contributed by atoms with Crippen LogP contribution in [-0.2, 0) is 0 Å². The molecule has 1 fully saturated rings. The molecule has 0 aromatic heterocycles. The molecule has 178 valence electrons. The van der Waals surface area contributed by atoms with Crippen LogP contribution in [0, 0.1) is 11.8 Å². The zero-order valence-corrected chi connectivity index (χ0v) is 20.2. The molecular weight excluding hydrogens is 418 g/mol. The van der Waals surface area contributed by atoms with Crippen molar-refractivity contribution < 1.29 is 19.1 Å². The molecule has 1 heterocycles. The van der Waals surface area contributed by atoms with Crippen LogP contribution in [0.25, 0.3) is 0 Å². The molecule has 2 N–H and O–H groups in total. The Bertz CT molecular complexity index is 959. The van der Waals surface area contributed by atoms with E-state index in [2.05, 4.69) is 36.3 Å². The molecule has 0 spiro atoms. The number of nitrogens with zero attached hydrogens (tertiary/aromatic N) is 1. The maximum Gasteiger partial charge on any atom is 0.263 e. The third-order valence-corrected chi connectivity index (χ3v) is 5.95. The summed E-state index contributed by atoms with van der Waals surface area (Å²) in [5.41, 5.74) is 2.31. The van der Waals surface area contributed by atoms with Gasteiger partial charge in [0.1, 0.15) is 17.1 Å². The predicted molar refractivity (Wildman–Crippen MR) is 132 cm³/mol. The smallest absolute Gasteiger partial charge is 0.263 e. The maximum absolute atomic E-state index is 13.1. The van der Waals surface area contributed by atoms with Crippen molar-refractivity contribution in [2.45, 2.75) is 33.6 Å². The van der Waals surface area contributed by atoms with E-state index in [1.165, 1.54) is 14.2 Å². The van der Waals surface area contributed by atoms with Crippen molar-refractivity contribution >= 4 is 23.2 Å². The van der Waals surface area contributed by atoms with Crippen LogP contribution in [-0.4, -0.2) is 45.7 Å². The number of carbonyl (C=O) groups is 2. The maximum atomic E-state index is 13.1. The van der Waals surface area contributed by atoms with Gasteiger partial charge in [0.05, 0.1) is 19.8 Å². The SMILES string of the molecule is COc1cccc(OC)c1C(=O)Nc1ccc(N2CCC(C)CC2)c(C(=O)NCC(C)C)c1. The summed E-state index contributed by atoms with van der Waals surface area (Å²) in [5, 5.41) is 5.92. The molecule has 0 aliphatic carbocycles. The number of piperidine rings is 1. The lowest BCUT2D eigenvalue weighted by atomic mass is 9.97. The Hall–Kier alpha value is -3.22. The van der Waals surface area contributed by atoms with Gasteiger partial charge in [0.25, 0.3) is 11.8 Å². The Morgan fingerprint density at radius 3 is 2.24 bits per heavy atom. The van der Waals surface area contributed by atoms with Gasteiger partial charge in [-0.25, -0.2) is 0 Å². The average Bonchev–Trinajstić information content (AvgIpc) is 2.82. The van der Waals surface area contributed by atoms with Crippen LogP contribution in [0.15, 0.2) is 36.4 Å². The van der Waals surface area contributed by atoms with E-state index in [9.17, 15) is 9.59 Å². The number of carbonyl (C=O) groups excluding carboxylic acids is 2. The predicted octanol–water partition coefficient (Wildman–Crippen LogP) is 4.58. The molecule has 0 saturated carbocycles. The van der Waals surface area contributed by atoms with Gasteiger partial charge in [0.15, 0.2) is 0 Å². The molecule has 2 amide bonds.